The third kappa shape index (κ3) is 3.57. The highest BCUT2D eigenvalue weighted by atomic mass is 19.1. The lowest BCUT2D eigenvalue weighted by atomic mass is 10.2. The van der Waals surface area contributed by atoms with Crippen molar-refractivity contribution < 1.29 is 18.3 Å². The van der Waals surface area contributed by atoms with Gasteiger partial charge in [0, 0.05) is 11.3 Å². The maximum Gasteiger partial charge on any atom is 0.337 e. The van der Waals surface area contributed by atoms with Crippen LogP contribution in [0.15, 0.2) is 52.9 Å². The molecule has 0 amide bonds. The SMILES string of the molecule is COC(=O)c1cccc(NCc2nnc(-c3ccc(F)cc3)o2)c1. The Morgan fingerprint density at radius 2 is 2.00 bits per heavy atom. The number of benzene rings is 2. The summed E-state index contributed by atoms with van der Waals surface area (Å²) in [5.41, 5.74) is 1.81. The Hall–Kier alpha value is -3.22. The van der Waals surface area contributed by atoms with Gasteiger partial charge < -0.3 is 14.5 Å². The van der Waals surface area contributed by atoms with Crippen LogP contribution in [0.5, 0.6) is 0 Å². The third-order valence-corrected chi connectivity index (χ3v) is 3.29. The second-order valence-corrected chi connectivity index (χ2v) is 4.93. The second kappa shape index (κ2) is 6.91. The zero-order chi connectivity index (χ0) is 16.9. The molecule has 2 aromatic carbocycles. The fourth-order valence-corrected chi connectivity index (χ4v) is 2.09. The van der Waals surface area contributed by atoms with Gasteiger partial charge in [-0.3, -0.25) is 0 Å². The molecule has 122 valence electrons. The predicted molar refractivity (Wildman–Crippen MR) is 84.8 cm³/mol. The Kier molecular flexibility index (Phi) is 4.51. The van der Waals surface area contributed by atoms with Crippen LogP contribution in [0.2, 0.25) is 0 Å². The van der Waals surface area contributed by atoms with Crippen molar-refractivity contribution in [1.29, 1.82) is 0 Å². The Balaban J connectivity index is 1.67. The van der Waals surface area contributed by atoms with Gasteiger partial charge in [-0.05, 0) is 42.5 Å². The minimum absolute atomic E-state index is 0.290. The normalized spacial score (nSPS) is 10.4. The molecule has 24 heavy (non-hydrogen) atoms. The average molecular weight is 327 g/mol. The van der Waals surface area contributed by atoms with Crippen LogP contribution in [-0.4, -0.2) is 23.3 Å². The molecule has 0 aliphatic heterocycles. The van der Waals surface area contributed by atoms with Gasteiger partial charge in [0.25, 0.3) is 0 Å². The summed E-state index contributed by atoms with van der Waals surface area (Å²) < 4.78 is 23.1. The monoisotopic (exact) mass is 327 g/mol. The lowest BCUT2D eigenvalue weighted by molar-refractivity contribution is 0.0601. The van der Waals surface area contributed by atoms with Crippen LogP contribution >= 0.6 is 0 Å². The molecule has 0 saturated carbocycles. The first-order chi connectivity index (χ1) is 11.7. The number of carbonyl (C=O) groups is 1. The summed E-state index contributed by atoms with van der Waals surface area (Å²) in [5, 5.41) is 11.0. The van der Waals surface area contributed by atoms with E-state index in [0.717, 1.165) is 5.69 Å². The number of halogens is 1. The highest BCUT2D eigenvalue weighted by molar-refractivity contribution is 5.90. The van der Waals surface area contributed by atoms with Gasteiger partial charge in [0.05, 0.1) is 19.2 Å². The summed E-state index contributed by atoms with van der Waals surface area (Å²) in [4.78, 5) is 11.5. The summed E-state index contributed by atoms with van der Waals surface area (Å²) in [6, 6.07) is 12.7. The van der Waals surface area contributed by atoms with E-state index in [1.807, 2.05) is 6.07 Å². The maximum atomic E-state index is 12.9. The van der Waals surface area contributed by atoms with Crippen LogP contribution in [-0.2, 0) is 11.3 Å². The topological polar surface area (TPSA) is 77.2 Å². The Morgan fingerprint density at radius 1 is 1.21 bits per heavy atom. The molecule has 1 aromatic heterocycles. The zero-order valence-electron chi connectivity index (χ0n) is 12.8. The number of hydrogen-bond donors (Lipinski definition) is 1. The van der Waals surface area contributed by atoms with E-state index in [2.05, 4.69) is 20.3 Å². The standard InChI is InChI=1S/C17H14FN3O3/c1-23-17(22)12-3-2-4-14(9-12)19-10-15-20-21-16(24-15)11-5-7-13(18)8-6-11/h2-9,19H,10H2,1H3. The van der Waals surface area contributed by atoms with E-state index >= 15 is 0 Å². The molecule has 0 radical (unpaired) electrons. The number of rotatable bonds is 5. The summed E-state index contributed by atoms with van der Waals surface area (Å²) in [6.07, 6.45) is 0. The quantitative estimate of drug-likeness (QED) is 0.725. The first-order valence-corrected chi connectivity index (χ1v) is 7.16. The maximum absolute atomic E-state index is 12.9. The smallest absolute Gasteiger partial charge is 0.337 e. The Labute approximate surface area is 137 Å². The van der Waals surface area contributed by atoms with E-state index in [1.165, 1.54) is 19.2 Å². The number of anilines is 1. The van der Waals surface area contributed by atoms with Gasteiger partial charge in [-0.1, -0.05) is 6.07 Å². The summed E-state index contributed by atoms with van der Waals surface area (Å²) in [5.74, 6) is -0.0476. The van der Waals surface area contributed by atoms with Crippen LogP contribution < -0.4 is 5.32 Å². The molecule has 3 rings (SSSR count). The third-order valence-electron chi connectivity index (χ3n) is 3.29. The molecule has 0 atom stereocenters. The van der Waals surface area contributed by atoms with Gasteiger partial charge in [-0.15, -0.1) is 10.2 Å². The molecular formula is C17H14FN3O3. The van der Waals surface area contributed by atoms with Gasteiger partial charge in [0.1, 0.15) is 5.82 Å². The molecule has 0 unspecified atom stereocenters. The van der Waals surface area contributed by atoms with Crippen molar-refractivity contribution in [1.82, 2.24) is 10.2 Å². The Morgan fingerprint density at radius 3 is 2.75 bits per heavy atom. The summed E-state index contributed by atoms with van der Waals surface area (Å²) in [6.45, 7) is 0.290. The van der Waals surface area contributed by atoms with Gasteiger partial charge >= 0.3 is 5.97 Å². The van der Waals surface area contributed by atoms with Crippen LogP contribution in [0.3, 0.4) is 0 Å². The first kappa shape index (κ1) is 15.7. The summed E-state index contributed by atoms with van der Waals surface area (Å²) in [7, 11) is 1.33. The van der Waals surface area contributed by atoms with E-state index < -0.39 is 5.97 Å². The molecular weight excluding hydrogens is 313 g/mol. The largest absolute Gasteiger partial charge is 0.465 e. The van der Waals surface area contributed by atoms with Crippen molar-refractivity contribution in [3.05, 3.63) is 65.8 Å². The van der Waals surface area contributed by atoms with E-state index in [1.54, 1.807) is 30.3 Å². The molecule has 7 heteroatoms. The van der Waals surface area contributed by atoms with Crippen LogP contribution in [0.1, 0.15) is 16.2 Å². The van der Waals surface area contributed by atoms with E-state index in [-0.39, 0.29) is 5.82 Å². The molecule has 1 heterocycles. The van der Waals surface area contributed by atoms with E-state index in [4.69, 9.17) is 4.42 Å². The number of nitrogens with zero attached hydrogens (tertiary/aromatic N) is 2. The van der Waals surface area contributed by atoms with Crippen molar-refractivity contribution >= 4 is 11.7 Å². The second-order valence-electron chi connectivity index (χ2n) is 4.93. The van der Waals surface area contributed by atoms with Crippen LogP contribution in [0.4, 0.5) is 10.1 Å². The van der Waals surface area contributed by atoms with E-state index in [0.29, 0.717) is 29.5 Å². The molecule has 0 aliphatic carbocycles. The van der Waals surface area contributed by atoms with Gasteiger partial charge in [-0.2, -0.15) is 0 Å². The molecule has 0 bridgehead atoms. The molecule has 1 N–H and O–H groups in total. The first-order valence-electron chi connectivity index (χ1n) is 7.16. The number of ether oxygens (including phenoxy) is 1. The van der Waals surface area contributed by atoms with Crippen molar-refractivity contribution in [2.75, 3.05) is 12.4 Å². The molecule has 0 fully saturated rings. The lowest BCUT2D eigenvalue weighted by Crippen LogP contribution is -2.04. The Bertz CT molecular complexity index is 846. The average Bonchev–Trinajstić information content (AvgIpc) is 3.09. The number of methoxy groups -OCH3 is 1. The number of esters is 1. The number of hydrogen-bond acceptors (Lipinski definition) is 6. The fourth-order valence-electron chi connectivity index (χ4n) is 2.09. The highest BCUT2D eigenvalue weighted by Crippen LogP contribution is 2.19. The van der Waals surface area contributed by atoms with Crippen LogP contribution in [0, 0.1) is 5.82 Å². The molecule has 0 saturated heterocycles. The molecule has 0 aliphatic rings. The number of nitrogens with one attached hydrogen (secondary N) is 1. The number of carbonyl (C=O) groups excluding carboxylic acids is 1. The minimum atomic E-state index is -0.407. The highest BCUT2D eigenvalue weighted by Gasteiger charge is 2.09. The fraction of sp³-hybridized carbons (Fsp3) is 0.118. The zero-order valence-corrected chi connectivity index (χ0v) is 12.8. The summed E-state index contributed by atoms with van der Waals surface area (Å²) >= 11 is 0. The van der Waals surface area contributed by atoms with Crippen molar-refractivity contribution in [3.63, 3.8) is 0 Å². The van der Waals surface area contributed by atoms with Gasteiger partial charge in [0.2, 0.25) is 11.8 Å². The predicted octanol–water partition coefficient (Wildman–Crippen LogP) is 3.27. The van der Waals surface area contributed by atoms with Crippen molar-refractivity contribution in [2.24, 2.45) is 0 Å². The van der Waals surface area contributed by atoms with E-state index in [9.17, 15) is 9.18 Å². The molecule has 3 aromatic rings. The van der Waals surface area contributed by atoms with Crippen molar-refractivity contribution in [3.8, 4) is 11.5 Å². The van der Waals surface area contributed by atoms with Gasteiger partial charge in [0.15, 0.2) is 0 Å². The van der Waals surface area contributed by atoms with Gasteiger partial charge in [-0.25, -0.2) is 9.18 Å². The van der Waals surface area contributed by atoms with Crippen LogP contribution in [0.25, 0.3) is 11.5 Å². The molecule has 6 nitrogen and oxygen atoms in total. The van der Waals surface area contributed by atoms with Crippen molar-refractivity contribution in [2.45, 2.75) is 6.54 Å². The minimum Gasteiger partial charge on any atom is -0.465 e. The molecule has 0 spiro atoms. The number of aromatic nitrogens is 2. The lowest BCUT2D eigenvalue weighted by Gasteiger charge is -2.05.